The highest BCUT2D eigenvalue weighted by molar-refractivity contribution is 8.00. The monoisotopic (exact) mass is 1940 g/mol. The Balaban J connectivity index is 1.12. The molecular weight excluding hydrogens is 1820 g/mol. The number of H-pyrrole nitrogens is 2. The number of carbonyl (C=O) groups excluding carboxylic acids is 16. The van der Waals surface area contributed by atoms with E-state index in [1.165, 1.54) is 74.8 Å². The molecular formula is C91H123N21O25S. The van der Waals surface area contributed by atoms with Crippen LogP contribution in [0.25, 0.3) is 21.8 Å². The Morgan fingerprint density at radius 1 is 0.551 bits per heavy atom. The maximum absolute atomic E-state index is 15.9. The number of amides is 16. The van der Waals surface area contributed by atoms with Crippen molar-refractivity contribution >= 4 is 146 Å². The van der Waals surface area contributed by atoms with E-state index < -0.39 is 286 Å². The van der Waals surface area contributed by atoms with E-state index in [1.54, 1.807) is 62.4 Å². The third kappa shape index (κ3) is 29.5. The molecule has 3 fully saturated rings. The standard InChI is InChI=1S/C91H123N21O25S/c1-7-9-21-69-84(130)99-59(20-15-31-92)80(126)106-67(79(125)96-41-73(93)116)46-138-47-74(117)98-63(33-50-25-27-54(114)28-26-50)87(133)107(4)49(3)78(124)103-65(38-76(120)121)90(136)111-32-16-24-70(111)85(131)102-62(36-53-40-94-48-97-53)82(128)100-60(29-30-75(118)119)89(135)112-43-55(115)37-72(112)86(132)101-61(34-51-39-95-58-19-13-11-17-56(51)58)81(127)105-66(45-113)83(129)104-64(88(134)109(6)71(22-10-8-2)91(137)108(69)5)35-52-42-110(44-77(122)123)68-23-14-12-18-57(52)68/h11-14,17-19,23,25-28,39-40,42,48-49,55,59-67,69-72,95,113-115H,7-10,15-16,20-22,24,29-38,41,43-47,92H2,1-6H3,(H2,93,116)(H,94,97)(H,96,125)(H,98,117)(H,99,130)(H,100,128)(H,101,132)(H,102,131)(H,103,124)(H,104,129)(H,105,127)(H,106,126)(H,118,119)(H,120,121)(H,122,123)/t49-,55+,59-,60-,61-,62-,63-,64-,65+,66-,67-,69-,70-,71-,72-/m0/s1. The highest BCUT2D eigenvalue weighted by atomic mass is 32.2. The number of carboxylic acid groups (broad SMARTS) is 3. The lowest BCUT2D eigenvalue weighted by Gasteiger charge is -2.36. The van der Waals surface area contributed by atoms with Gasteiger partial charge in [-0.3, -0.25) is 91.1 Å². The van der Waals surface area contributed by atoms with Crippen molar-refractivity contribution in [3.05, 3.63) is 120 Å². The lowest BCUT2D eigenvalue weighted by atomic mass is 10.00. The van der Waals surface area contributed by atoms with Gasteiger partial charge in [-0.15, -0.1) is 11.8 Å². The predicted octanol–water partition coefficient (Wildman–Crippen LogP) is -3.48. The predicted molar refractivity (Wildman–Crippen MR) is 496 cm³/mol. The van der Waals surface area contributed by atoms with Crippen molar-refractivity contribution in [3.8, 4) is 5.75 Å². The number of rotatable bonds is 28. The number of hydrogen-bond acceptors (Lipinski definition) is 25. The fraction of sp³-hybridized carbons (Fsp3) is 0.516. The summed E-state index contributed by atoms with van der Waals surface area (Å²) >= 11 is 0.738. The number of aromatic nitrogens is 4. The molecule has 9 rings (SSSR count). The summed E-state index contributed by atoms with van der Waals surface area (Å²) in [4.78, 5) is 289. The van der Waals surface area contributed by atoms with Crippen LogP contribution in [0.4, 0.5) is 0 Å². The number of aliphatic hydroxyl groups excluding tert-OH is 2. The molecule has 3 saturated heterocycles. The van der Waals surface area contributed by atoms with Crippen molar-refractivity contribution < 1.29 is 122 Å². The molecule has 0 aliphatic carbocycles. The topological polar surface area (TPSA) is 684 Å². The van der Waals surface area contributed by atoms with Crippen LogP contribution in [0, 0.1) is 0 Å². The van der Waals surface area contributed by atoms with E-state index in [2.05, 4.69) is 68.1 Å². The first kappa shape index (κ1) is 108. The van der Waals surface area contributed by atoms with E-state index in [1.807, 2.05) is 0 Å². The number of nitrogens with two attached hydrogens (primary N) is 2. The summed E-state index contributed by atoms with van der Waals surface area (Å²) in [6, 6.07) is -4.85. The number of fused-ring (bicyclic) bond motifs is 4. The Morgan fingerprint density at radius 2 is 1.13 bits per heavy atom. The molecule has 15 atom stereocenters. The van der Waals surface area contributed by atoms with Gasteiger partial charge in [-0.25, -0.2) is 4.98 Å². The SMILES string of the molecule is CCCC[C@H]1C(=O)N(C)[C@@H](CCCC)C(=O)N[C@@H](CCCN)C(=O)N[C@H](C(=O)NCC(N)=O)CSCC(=O)N[C@@H](Cc2ccc(O)cc2)C(=O)N(C)[C@@H](C)C(=O)N[C@H](CC(=O)O)C(=O)N2CCC[C@H]2C(=O)N[C@@H](Cc2cnc[nH]2)C(=O)N[C@@H](CCC(=O)O)C(=O)N2C[C@H](O)C[C@H]2C(=O)N[C@@H](Cc2c[nH]c3ccccc23)C(=O)N[C@@H](CO)C(=O)N[C@@H](Cc2cn(CC(=O)O)c3ccccc23)C(=O)N1C. The maximum atomic E-state index is 15.9. The first-order valence-corrected chi connectivity index (χ1v) is 46.7. The number of para-hydroxylation sites is 2. The number of likely N-dealkylation sites (N-methyl/N-ethyl adjacent to an activating group) is 3. The number of nitrogens with zero attached hydrogens (tertiary/aromatic N) is 7. The molecule has 3 aliphatic rings. The van der Waals surface area contributed by atoms with Crippen molar-refractivity contribution in [2.75, 3.05) is 65.4 Å². The van der Waals surface area contributed by atoms with E-state index in [0.29, 0.717) is 52.2 Å². The number of aliphatic carboxylic acids is 3. The quantitative estimate of drug-likeness (QED) is 0.0227. The van der Waals surface area contributed by atoms with E-state index in [-0.39, 0.29) is 81.5 Å². The highest BCUT2D eigenvalue weighted by Gasteiger charge is 2.47. The van der Waals surface area contributed by atoms with Crippen molar-refractivity contribution in [2.45, 2.75) is 234 Å². The van der Waals surface area contributed by atoms with E-state index in [4.69, 9.17) is 11.5 Å². The van der Waals surface area contributed by atoms with Crippen LogP contribution in [-0.2, 0) is 123 Å². The van der Waals surface area contributed by atoms with Gasteiger partial charge in [-0.1, -0.05) is 88.1 Å². The molecule has 0 radical (unpaired) electrons. The molecule has 3 aliphatic heterocycles. The number of aliphatic hydroxyl groups is 2. The molecule has 47 heteroatoms. The van der Waals surface area contributed by atoms with Gasteiger partial charge in [-0.05, 0) is 99.4 Å². The van der Waals surface area contributed by atoms with Gasteiger partial charge in [0, 0.05) is 125 Å². The Morgan fingerprint density at radius 3 is 1.78 bits per heavy atom. The molecule has 138 heavy (non-hydrogen) atoms. The molecule has 46 nitrogen and oxygen atoms in total. The van der Waals surface area contributed by atoms with Crippen LogP contribution in [0.3, 0.4) is 0 Å². The van der Waals surface area contributed by atoms with Crippen molar-refractivity contribution in [1.29, 1.82) is 0 Å². The first-order valence-electron chi connectivity index (χ1n) is 45.5. The van der Waals surface area contributed by atoms with E-state index >= 15 is 38.4 Å². The number of phenols is 1. The molecule has 16 amide bonds. The summed E-state index contributed by atoms with van der Waals surface area (Å²) in [7, 11) is 3.74. The highest BCUT2D eigenvalue weighted by Crippen LogP contribution is 2.29. The molecule has 22 N–H and O–H groups in total. The molecule has 0 saturated carbocycles. The fourth-order valence-corrected chi connectivity index (χ4v) is 17.7. The number of primary amides is 1. The molecule has 3 aromatic heterocycles. The summed E-state index contributed by atoms with van der Waals surface area (Å²) in [5, 5.41) is 89.9. The smallest absolute Gasteiger partial charge is 0.323 e. The molecule has 6 aromatic rings. The minimum atomic E-state index is -2.02. The second kappa shape index (κ2) is 51.2. The second-order valence-corrected chi connectivity index (χ2v) is 35.5. The van der Waals surface area contributed by atoms with Gasteiger partial charge in [0.15, 0.2) is 0 Å². The number of nitrogens with one attached hydrogen (secondary N) is 12. The van der Waals surface area contributed by atoms with Gasteiger partial charge >= 0.3 is 17.9 Å². The number of unbranched alkanes of at least 4 members (excludes halogenated alkanes) is 2. The molecule has 3 aromatic carbocycles. The zero-order valence-electron chi connectivity index (χ0n) is 77.4. The van der Waals surface area contributed by atoms with Crippen LogP contribution in [0.2, 0.25) is 0 Å². The Kier molecular flexibility index (Phi) is 39.9. The number of benzene rings is 3. The summed E-state index contributed by atoms with van der Waals surface area (Å²) < 4.78 is 1.39. The largest absolute Gasteiger partial charge is 0.508 e. The second-order valence-electron chi connectivity index (χ2n) is 34.5. The van der Waals surface area contributed by atoms with Gasteiger partial charge in [0.05, 0.1) is 37.8 Å². The zero-order valence-corrected chi connectivity index (χ0v) is 78.2. The van der Waals surface area contributed by atoms with Crippen molar-refractivity contribution in [2.24, 2.45) is 11.5 Å². The summed E-state index contributed by atoms with van der Waals surface area (Å²) in [6.45, 7) is 1.40. The number of phenolic OH excluding ortho intramolecular Hbond substituents is 1. The number of imidazole rings is 1. The molecule has 6 heterocycles. The van der Waals surface area contributed by atoms with Gasteiger partial charge in [-0.2, -0.15) is 0 Å². The average molecular weight is 1940 g/mol. The number of hydrogen-bond donors (Lipinski definition) is 20. The van der Waals surface area contributed by atoms with Crippen LogP contribution in [-0.4, -0.2) is 343 Å². The van der Waals surface area contributed by atoms with Crippen molar-refractivity contribution in [3.63, 3.8) is 0 Å². The molecule has 748 valence electrons. The Labute approximate surface area is 797 Å². The number of thioether (sulfide) groups is 1. The minimum Gasteiger partial charge on any atom is -0.508 e. The number of carboxylic acids is 3. The summed E-state index contributed by atoms with van der Waals surface area (Å²) in [5.74, 6) is -22.1. The van der Waals surface area contributed by atoms with Gasteiger partial charge in [0.1, 0.15) is 96.9 Å². The van der Waals surface area contributed by atoms with E-state index in [9.17, 15) is 83.4 Å². The lowest BCUT2D eigenvalue weighted by Crippen LogP contribution is -2.61. The van der Waals surface area contributed by atoms with Gasteiger partial charge in [0.25, 0.3) is 0 Å². The van der Waals surface area contributed by atoms with Crippen LogP contribution in [0.15, 0.2) is 97.7 Å². The zero-order chi connectivity index (χ0) is 101. The fourth-order valence-electron chi connectivity index (χ4n) is 16.8. The number of aromatic amines is 2. The maximum Gasteiger partial charge on any atom is 0.323 e. The minimum absolute atomic E-state index is 0.0361. The molecule has 0 spiro atoms. The average Bonchev–Trinajstić information content (AvgIpc) is 1.63. The number of aromatic hydroxyl groups is 1. The third-order valence-electron chi connectivity index (χ3n) is 24.4. The van der Waals surface area contributed by atoms with E-state index in [0.717, 1.165) is 43.3 Å². The summed E-state index contributed by atoms with van der Waals surface area (Å²) in [6.07, 6.45) is 0.389. The van der Waals surface area contributed by atoms with Crippen LogP contribution in [0.5, 0.6) is 5.75 Å². The normalized spacial score (nSPS) is 24.4. The summed E-state index contributed by atoms with van der Waals surface area (Å²) in [5.41, 5.74) is 13.6. The number of carbonyl (C=O) groups is 19. The Hall–Kier alpha value is -14.1. The molecule has 0 bridgehead atoms. The first-order chi connectivity index (χ1) is 65.7. The van der Waals surface area contributed by atoms with Crippen LogP contribution < -0.4 is 64.6 Å². The third-order valence-corrected chi connectivity index (χ3v) is 25.5. The van der Waals surface area contributed by atoms with Gasteiger partial charge < -0.3 is 134 Å². The Bertz CT molecular complexity index is 5380. The van der Waals surface area contributed by atoms with Crippen LogP contribution >= 0.6 is 11.8 Å². The van der Waals surface area contributed by atoms with Crippen molar-refractivity contribution in [1.82, 2.24) is 97.2 Å². The molecule has 0 unspecified atom stereocenters. The van der Waals surface area contributed by atoms with Crippen LogP contribution in [0.1, 0.15) is 133 Å². The van der Waals surface area contributed by atoms with Gasteiger partial charge in [0.2, 0.25) is 94.5 Å². The lowest BCUT2D eigenvalue weighted by molar-refractivity contribution is -0.149.